The van der Waals surface area contributed by atoms with Gasteiger partial charge in [0.2, 0.25) is 0 Å². The lowest BCUT2D eigenvalue weighted by Crippen LogP contribution is -2.05. The fourth-order valence-corrected chi connectivity index (χ4v) is 8.86. The summed E-state index contributed by atoms with van der Waals surface area (Å²) < 4.78 is 4.85. The van der Waals surface area contributed by atoms with Crippen LogP contribution in [0, 0.1) is 0 Å². The summed E-state index contributed by atoms with van der Waals surface area (Å²) in [4.78, 5) is 11.4. The molecule has 0 bridgehead atoms. The summed E-state index contributed by atoms with van der Waals surface area (Å²) in [6.45, 7) is 0. The molecule has 0 spiro atoms. The van der Waals surface area contributed by atoms with Crippen molar-refractivity contribution in [1.29, 1.82) is 0 Å². The number of hydrogen-bond donors (Lipinski definition) is 0. The lowest BCUT2D eigenvalue weighted by Gasteiger charge is -2.17. The topological polar surface area (TPSA) is 35.1 Å². The van der Waals surface area contributed by atoms with Crippen molar-refractivity contribution in [3.63, 3.8) is 0 Å². The van der Waals surface area contributed by atoms with Gasteiger partial charge in [0.25, 0.3) is 0 Å². The maximum atomic E-state index is 5.73. The first kappa shape index (κ1) is 27.7. The van der Waals surface area contributed by atoms with Crippen LogP contribution in [0.2, 0.25) is 0 Å². The van der Waals surface area contributed by atoms with Crippen molar-refractivity contribution in [3.8, 4) is 28.2 Å². The molecule has 4 nitrogen and oxygen atoms in total. The van der Waals surface area contributed by atoms with Crippen LogP contribution in [-0.4, -0.2) is 18.9 Å². The van der Waals surface area contributed by atoms with E-state index in [1.54, 1.807) is 0 Å². The van der Waals surface area contributed by atoms with Crippen molar-refractivity contribution in [3.05, 3.63) is 170 Å². The number of hydrogen-bond acceptors (Lipinski definition) is 2. The zero-order chi connectivity index (χ0) is 33.9. The fourth-order valence-electron chi connectivity index (χ4n) is 8.86. The molecule has 0 aliphatic rings. The molecule has 52 heavy (non-hydrogen) atoms. The summed E-state index contributed by atoms with van der Waals surface area (Å²) in [5.74, 6) is 0.819. The Hall–Kier alpha value is -7.04. The van der Waals surface area contributed by atoms with E-state index in [1.807, 2.05) is 0 Å². The summed E-state index contributed by atoms with van der Waals surface area (Å²) in [6.07, 6.45) is 0. The van der Waals surface area contributed by atoms with Crippen molar-refractivity contribution in [2.75, 3.05) is 0 Å². The predicted octanol–water partition coefficient (Wildman–Crippen LogP) is 12.4. The van der Waals surface area contributed by atoms with E-state index in [4.69, 9.17) is 9.97 Å². The van der Waals surface area contributed by atoms with E-state index >= 15 is 0 Å². The Morgan fingerprint density at radius 2 is 0.962 bits per heavy atom. The summed E-state index contributed by atoms with van der Waals surface area (Å²) in [5.41, 5.74) is 11.7. The Labute approximate surface area is 297 Å². The van der Waals surface area contributed by atoms with Gasteiger partial charge in [-0.1, -0.05) is 140 Å². The number of nitrogens with zero attached hydrogens (tertiary/aromatic N) is 4. The molecule has 0 unspecified atom stereocenters. The minimum atomic E-state index is 0.819. The molecule has 0 aliphatic carbocycles. The van der Waals surface area contributed by atoms with Gasteiger partial charge in [0.1, 0.15) is 5.69 Å². The molecule has 0 fully saturated rings. The Morgan fingerprint density at radius 3 is 1.79 bits per heavy atom. The first-order valence-electron chi connectivity index (χ1n) is 17.8. The van der Waals surface area contributed by atoms with Crippen LogP contribution < -0.4 is 0 Å². The highest BCUT2D eigenvalue weighted by Gasteiger charge is 2.25. The van der Waals surface area contributed by atoms with E-state index in [-0.39, 0.29) is 0 Å². The smallest absolute Gasteiger partial charge is 0.165 e. The first-order valence-corrected chi connectivity index (χ1v) is 17.8. The number of para-hydroxylation sites is 2. The molecular formula is C48H28N4. The molecule has 12 rings (SSSR count). The van der Waals surface area contributed by atoms with Crippen LogP contribution >= 0.6 is 0 Å². The number of aromatic nitrogens is 4. The molecule has 0 N–H and O–H groups in total. The largest absolute Gasteiger partial charge is 0.308 e. The minimum Gasteiger partial charge on any atom is -0.308 e. The molecule has 240 valence electrons. The van der Waals surface area contributed by atoms with Gasteiger partial charge in [0.05, 0.1) is 38.6 Å². The predicted molar refractivity (Wildman–Crippen MR) is 217 cm³/mol. The van der Waals surface area contributed by atoms with Crippen molar-refractivity contribution in [1.82, 2.24) is 18.9 Å². The van der Waals surface area contributed by atoms with E-state index in [0.29, 0.717) is 0 Å². The van der Waals surface area contributed by atoms with E-state index < -0.39 is 0 Å². The summed E-state index contributed by atoms with van der Waals surface area (Å²) in [7, 11) is 0. The van der Waals surface area contributed by atoms with E-state index in [9.17, 15) is 0 Å². The second-order valence-electron chi connectivity index (χ2n) is 13.7. The van der Waals surface area contributed by atoms with Crippen LogP contribution in [0.15, 0.2) is 170 Å². The third kappa shape index (κ3) is 3.60. The van der Waals surface area contributed by atoms with Gasteiger partial charge in [-0.3, -0.25) is 4.57 Å². The molecule has 8 aromatic carbocycles. The highest BCUT2D eigenvalue weighted by atomic mass is 15.1. The maximum Gasteiger partial charge on any atom is 0.165 e. The molecule has 4 aromatic heterocycles. The average Bonchev–Trinajstić information content (AvgIpc) is 3.69. The third-order valence-corrected chi connectivity index (χ3v) is 11.0. The zero-order valence-corrected chi connectivity index (χ0v) is 28.0. The normalized spacial score (nSPS) is 12.2. The van der Waals surface area contributed by atoms with Crippen LogP contribution in [0.25, 0.3) is 110 Å². The molecule has 4 heterocycles. The lowest BCUT2D eigenvalue weighted by atomic mass is 9.98. The highest BCUT2D eigenvalue weighted by Crippen LogP contribution is 2.45. The van der Waals surface area contributed by atoms with Crippen molar-refractivity contribution in [2.45, 2.75) is 0 Å². The number of fused-ring (bicyclic) bond motifs is 8. The van der Waals surface area contributed by atoms with Crippen molar-refractivity contribution >= 4 is 81.7 Å². The van der Waals surface area contributed by atoms with Crippen LogP contribution in [0.1, 0.15) is 0 Å². The Morgan fingerprint density at radius 1 is 0.385 bits per heavy atom. The fraction of sp³-hybridized carbons (Fsp3) is 0. The van der Waals surface area contributed by atoms with E-state index in [0.717, 1.165) is 61.0 Å². The summed E-state index contributed by atoms with van der Waals surface area (Å²) in [6, 6.07) is 60.9. The lowest BCUT2D eigenvalue weighted by molar-refractivity contribution is 1.08. The van der Waals surface area contributed by atoms with Gasteiger partial charge >= 0.3 is 0 Å². The second kappa shape index (κ2) is 10.3. The molecular weight excluding hydrogens is 633 g/mol. The minimum absolute atomic E-state index is 0.819. The summed E-state index contributed by atoms with van der Waals surface area (Å²) >= 11 is 0. The van der Waals surface area contributed by atoms with E-state index in [1.165, 1.54) is 48.9 Å². The second-order valence-corrected chi connectivity index (χ2v) is 13.7. The van der Waals surface area contributed by atoms with Crippen LogP contribution in [-0.2, 0) is 0 Å². The summed E-state index contributed by atoms with van der Waals surface area (Å²) in [5, 5.41) is 9.68. The quantitative estimate of drug-likeness (QED) is 0.177. The molecule has 0 saturated heterocycles. The van der Waals surface area contributed by atoms with Gasteiger partial charge in [-0.15, -0.1) is 0 Å². The molecule has 0 aliphatic heterocycles. The highest BCUT2D eigenvalue weighted by molar-refractivity contribution is 6.31. The molecule has 4 heteroatoms. The van der Waals surface area contributed by atoms with Crippen LogP contribution in [0.5, 0.6) is 0 Å². The maximum absolute atomic E-state index is 5.73. The zero-order valence-electron chi connectivity index (χ0n) is 28.0. The standard InChI is InChI=1S/C48H28N4/c1-3-14-29(15-4-1)37-28-31-18-7-8-19-32(31)45-46(37)49-44(30-16-5-2-6-17-30)48(50-45)52-39-25-12-21-34-36-23-11-22-35-33-20-9-10-24-38(33)51(47(35)36)40-26-13-27-41(52)43(40)42(34)39/h1-28H. The van der Waals surface area contributed by atoms with Crippen molar-refractivity contribution in [2.24, 2.45) is 0 Å². The van der Waals surface area contributed by atoms with Gasteiger partial charge < -0.3 is 4.40 Å². The Balaban J connectivity index is 1.31. The molecule has 0 radical (unpaired) electrons. The third-order valence-electron chi connectivity index (χ3n) is 11.0. The van der Waals surface area contributed by atoms with Gasteiger partial charge in [-0.2, -0.15) is 0 Å². The van der Waals surface area contributed by atoms with Gasteiger partial charge in [0, 0.05) is 43.4 Å². The number of benzene rings is 8. The van der Waals surface area contributed by atoms with Crippen LogP contribution in [0.4, 0.5) is 0 Å². The van der Waals surface area contributed by atoms with Gasteiger partial charge in [-0.25, -0.2) is 9.97 Å². The molecule has 0 amide bonds. The molecule has 0 saturated carbocycles. The molecule has 0 atom stereocenters. The van der Waals surface area contributed by atoms with Crippen LogP contribution in [0.3, 0.4) is 0 Å². The average molecular weight is 661 g/mol. The number of rotatable bonds is 3. The SMILES string of the molecule is c1ccc(-c2nc3c(-c4ccccc4)cc4ccccc4c3nc2-n2c3cccc4c5cccc6c7ccccc7n(c7cccc2c7c43)c56)cc1. The Kier molecular flexibility index (Phi) is 5.47. The van der Waals surface area contributed by atoms with Gasteiger partial charge in [0.15, 0.2) is 5.82 Å². The van der Waals surface area contributed by atoms with Gasteiger partial charge in [-0.05, 0) is 46.7 Å². The molecule has 12 aromatic rings. The van der Waals surface area contributed by atoms with Crippen molar-refractivity contribution < 1.29 is 0 Å². The Bertz CT molecular complexity index is 3390. The monoisotopic (exact) mass is 660 g/mol. The van der Waals surface area contributed by atoms with E-state index in [2.05, 4.69) is 179 Å². The first-order chi connectivity index (χ1) is 25.8.